The average molecular weight is 261 g/mol. The zero-order valence-corrected chi connectivity index (χ0v) is 13.4. The number of carbonyl (C=O) groups excluding carboxylic acids is 3. The second kappa shape index (κ2) is 7.07. The number of hydrogen-bond acceptors (Lipinski definition) is 3. The van der Waals surface area contributed by atoms with Gasteiger partial charge in [0.2, 0.25) is 11.8 Å². The van der Waals surface area contributed by atoms with Crippen LogP contribution in [0, 0.1) is 11.3 Å². The molecule has 1 atom stereocenters. The Kier molecular flexibility index (Phi) is 6.81. The van der Waals surface area contributed by atoms with E-state index in [0.29, 0.717) is 12.8 Å². The molecule has 0 spiro atoms. The van der Waals surface area contributed by atoms with Gasteiger partial charge in [-0.1, -0.05) is 32.4 Å². The van der Waals surface area contributed by atoms with Crippen molar-refractivity contribution < 1.29 is 14.4 Å². The molecule has 4 amide bonds. The van der Waals surface area contributed by atoms with E-state index in [1.807, 2.05) is 20.8 Å². The molecule has 1 saturated heterocycles. The molecule has 5 nitrogen and oxygen atoms in total. The van der Waals surface area contributed by atoms with Crippen LogP contribution in [0.1, 0.15) is 33.6 Å². The van der Waals surface area contributed by atoms with Gasteiger partial charge in [0.25, 0.3) is 0 Å². The van der Waals surface area contributed by atoms with Crippen LogP contribution >= 0.6 is 0 Å². The van der Waals surface area contributed by atoms with Gasteiger partial charge in [0.1, 0.15) is 5.41 Å². The van der Waals surface area contributed by atoms with Crippen LogP contribution in [0.25, 0.3) is 0 Å². The van der Waals surface area contributed by atoms with Gasteiger partial charge in [0.05, 0.1) is 0 Å². The SMILES string of the molecule is CC=CCC1(C(C)CC)C(=O)NC(=O)NC1=O.[Na]. The molecule has 1 heterocycles. The van der Waals surface area contributed by atoms with E-state index in [2.05, 4.69) is 10.6 Å². The molecule has 1 unspecified atom stereocenters. The van der Waals surface area contributed by atoms with Crippen LogP contribution in [0.4, 0.5) is 4.79 Å². The van der Waals surface area contributed by atoms with Gasteiger partial charge in [0.15, 0.2) is 0 Å². The van der Waals surface area contributed by atoms with E-state index in [1.165, 1.54) is 0 Å². The molecule has 0 aromatic carbocycles. The number of urea groups is 1. The molecular formula is C12H18N2NaO3. The van der Waals surface area contributed by atoms with Crippen LogP contribution in [-0.4, -0.2) is 47.4 Å². The van der Waals surface area contributed by atoms with Crippen molar-refractivity contribution in [3.05, 3.63) is 12.2 Å². The minimum Gasteiger partial charge on any atom is -0.277 e. The van der Waals surface area contributed by atoms with Crippen molar-refractivity contribution in [2.75, 3.05) is 0 Å². The van der Waals surface area contributed by atoms with Crippen LogP contribution in [0.5, 0.6) is 0 Å². The quantitative estimate of drug-likeness (QED) is 0.450. The maximum atomic E-state index is 12.0. The number of rotatable bonds is 4. The molecule has 1 aliphatic heterocycles. The predicted octanol–water partition coefficient (Wildman–Crippen LogP) is 0.970. The summed E-state index contributed by atoms with van der Waals surface area (Å²) in [5.74, 6) is -1.13. The van der Waals surface area contributed by atoms with Crippen LogP contribution in [0.3, 0.4) is 0 Å². The van der Waals surface area contributed by atoms with E-state index in [4.69, 9.17) is 0 Å². The number of barbiturate groups is 1. The third-order valence-electron chi connectivity index (χ3n) is 3.39. The van der Waals surface area contributed by atoms with Gasteiger partial charge >= 0.3 is 6.03 Å². The van der Waals surface area contributed by atoms with Crippen molar-refractivity contribution in [1.82, 2.24) is 10.6 Å². The van der Waals surface area contributed by atoms with E-state index < -0.39 is 23.3 Å². The van der Waals surface area contributed by atoms with Crippen molar-refractivity contribution in [2.45, 2.75) is 33.6 Å². The summed E-state index contributed by atoms with van der Waals surface area (Å²) in [6, 6.07) is -0.737. The summed E-state index contributed by atoms with van der Waals surface area (Å²) in [6.45, 7) is 5.59. The summed E-state index contributed by atoms with van der Waals surface area (Å²) < 4.78 is 0. The maximum Gasteiger partial charge on any atom is 0.328 e. The average Bonchev–Trinajstić information content (AvgIpc) is 2.27. The van der Waals surface area contributed by atoms with Crippen molar-refractivity contribution in [3.63, 3.8) is 0 Å². The van der Waals surface area contributed by atoms with Gasteiger partial charge in [-0.25, -0.2) is 4.79 Å². The summed E-state index contributed by atoms with van der Waals surface area (Å²) >= 11 is 0. The molecule has 0 aromatic heterocycles. The smallest absolute Gasteiger partial charge is 0.277 e. The third-order valence-corrected chi connectivity index (χ3v) is 3.39. The summed E-state index contributed by atoms with van der Waals surface area (Å²) in [5.41, 5.74) is -1.17. The molecule has 18 heavy (non-hydrogen) atoms. The van der Waals surface area contributed by atoms with Gasteiger partial charge in [-0.05, 0) is 19.3 Å². The van der Waals surface area contributed by atoms with E-state index >= 15 is 0 Å². The first-order valence-corrected chi connectivity index (χ1v) is 5.77. The fourth-order valence-corrected chi connectivity index (χ4v) is 2.05. The largest absolute Gasteiger partial charge is 0.328 e. The molecule has 1 aliphatic rings. The van der Waals surface area contributed by atoms with Gasteiger partial charge < -0.3 is 0 Å². The van der Waals surface area contributed by atoms with Crippen molar-refractivity contribution in [2.24, 2.45) is 11.3 Å². The zero-order valence-electron chi connectivity index (χ0n) is 11.4. The molecule has 2 N–H and O–H groups in total. The Labute approximate surface area is 129 Å². The number of nitrogens with one attached hydrogen (secondary N) is 2. The van der Waals surface area contributed by atoms with Crippen molar-refractivity contribution in [1.29, 1.82) is 0 Å². The Balaban J connectivity index is 0.00000289. The zero-order chi connectivity index (χ0) is 13.1. The predicted molar refractivity (Wildman–Crippen MR) is 68.8 cm³/mol. The molecule has 1 radical (unpaired) electrons. The van der Waals surface area contributed by atoms with Gasteiger partial charge in [-0.3, -0.25) is 20.2 Å². The first-order chi connectivity index (χ1) is 7.98. The number of carbonyl (C=O) groups is 3. The molecule has 0 bridgehead atoms. The molecule has 1 rings (SSSR count). The molecule has 6 heteroatoms. The Morgan fingerprint density at radius 1 is 1.22 bits per heavy atom. The van der Waals surface area contributed by atoms with Gasteiger partial charge in [-0.2, -0.15) is 0 Å². The van der Waals surface area contributed by atoms with Crippen molar-refractivity contribution in [3.8, 4) is 0 Å². The molecule has 95 valence electrons. The monoisotopic (exact) mass is 261 g/mol. The Morgan fingerprint density at radius 2 is 1.72 bits per heavy atom. The Morgan fingerprint density at radius 3 is 2.11 bits per heavy atom. The fourth-order valence-electron chi connectivity index (χ4n) is 2.05. The van der Waals surface area contributed by atoms with Crippen molar-refractivity contribution >= 4 is 47.4 Å². The summed E-state index contributed by atoms with van der Waals surface area (Å²) in [5, 5.41) is 4.36. The standard InChI is InChI=1S/C12H18N2O3.Na/c1-4-6-7-12(8(3)5-2)9(15)13-11(17)14-10(12)16;/h4,6,8H,5,7H2,1-3H3,(H2,13,14,15,16,17);. The van der Waals surface area contributed by atoms with E-state index in [1.54, 1.807) is 12.2 Å². The van der Waals surface area contributed by atoms with E-state index in [9.17, 15) is 14.4 Å². The minimum atomic E-state index is -1.17. The number of imide groups is 2. The third kappa shape index (κ3) is 3.02. The first kappa shape index (κ1) is 17.4. The van der Waals surface area contributed by atoms with Gasteiger partial charge in [-0.15, -0.1) is 0 Å². The van der Waals surface area contributed by atoms with Crippen LogP contribution in [0.2, 0.25) is 0 Å². The first-order valence-electron chi connectivity index (χ1n) is 5.77. The Bertz CT molecular complexity index is 360. The molecule has 0 saturated carbocycles. The number of amides is 4. The van der Waals surface area contributed by atoms with E-state index in [-0.39, 0.29) is 35.5 Å². The van der Waals surface area contributed by atoms with Crippen LogP contribution < -0.4 is 10.6 Å². The molecule has 0 aromatic rings. The summed E-state index contributed by atoms with van der Waals surface area (Å²) in [4.78, 5) is 35.1. The van der Waals surface area contributed by atoms with Gasteiger partial charge in [0, 0.05) is 29.6 Å². The fraction of sp³-hybridized carbons (Fsp3) is 0.583. The normalized spacial score (nSPS) is 20.1. The molecular weight excluding hydrogens is 243 g/mol. The van der Waals surface area contributed by atoms with E-state index in [0.717, 1.165) is 0 Å². The minimum absolute atomic E-state index is 0. The van der Waals surface area contributed by atoms with Crippen LogP contribution in [-0.2, 0) is 9.59 Å². The number of allylic oxidation sites excluding steroid dienone is 2. The summed E-state index contributed by atoms with van der Waals surface area (Å²) in [6.07, 6.45) is 4.57. The second-order valence-corrected chi connectivity index (χ2v) is 4.29. The van der Waals surface area contributed by atoms with Crippen LogP contribution in [0.15, 0.2) is 12.2 Å². The Hall–Kier alpha value is -0.650. The maximum absolute atomic E-state index is 12.0. The summed E-state index contributed by atoms with van der Waals surface area (Å²) in [7, 11) is 0. The number of hydrogen-bond donors (Lipinski definition) is 2. The molecule has 0 aliphatic carbocycles. The molecule has 1 fully saturated rings. The topological polar surface area (TPSA) is 75.3 Å². The second-order valence-electron chi connectivity index (χ2n) is 4.29.